The van der Waals surface area contributed by atoms with Crippen molar-refractivity contribution in [1.82, 2.24) is 5.32 Å². The Hall–Kier alpha value is -0.870. The van der Waals surface area contributed by atoms with E-state index in [1.165, 1.54) is 0 Å². The molecule has 98 valence electrons. The number of aryl methyl sites for hydroxylation is 1. The van der Waals surface area contributed by atoms with Crippen LogP contribution in [0.15, 0.2) is 22.7 Å². The van der Waals surface area contributed by atoms with Gasteiger partial charge in [0.05, 0.1) is 6.10 Å². The van der Waals surface area contributed by atoms with Crippen LogP contribution in [0.2, 0.25) is 0 Å². The third-order valence-electron chi connectivity index (χ3n) is 3.47. The molecule has 0 heterocycles. The van der Waals surface area contributed by atoms with Crippen LogP contribution in [0.25, 0.3) is 0 Å². The van der Waals surface area contributed by atoms with Crippen LogP contribution in [0.1, 0.15) is 41.6 Å². The second kappa shape index (κ2) is 5.85. The van der Waals surface area contributed by atoms with Gasteiger partial charge in [0.1, 0.15) is 0 Å². The van der Waals surface area contributed by atoms with Crippen LogP contribution < -0.4 is 5.32 Å². The number of carbonyl (C=O) groups excluding carboxylic acids is 1. The van der Waals surface area contributed by atoms with Crippen molar-refractivity contribution in [2.45, 2.75) is 44.8 Å². The Balaban J connectivity index is 1.97. The van der Waals surface area contributed by atoms with Crippen molar-refractivity contribution in [3.63, 3.8) is 0 Å². The van der Waals surface area contributed by atoms with Gasteiger partial charge in [-0.3, -0.25) is 4.79 Å². The van der Waals surface area contributed by atoms with E-state index in [1.54, 1.807) is 0 Å². The molecule has 0 atom stereocenters. The van der Waals surface area contributed by atoms with E-state index in [0.717, 1.165) is 35.7 Å². The molecule has 4 heteroatoms. The number of aliphatic hydroxyl groups excluding tert-OH is 1. The quantitative estimate of drug-likeness (QED) is 0.882. The summed E-state index contributed by atoms with van der Waals surface area (Å²) in [6.45, 7) is 1.99. The van der Waals surface area contributed by atoms with Gasteiger partial charge in [-0.05, 0) is 50.3 Å². The second-order valence-corrected chi connectivity index (χ2v) is 5.80. The molecule has 2 rings (SSSR count). The first-order valence-corrected chi connectivity index (χ1v) is 7.10. The normalized spacial score (nSPS) is 23.7. The lowest BCUT2D eigenvalue weighted by Crippen LogP contribution is -2.38. The van der Waals surface area contributed by atoms with Crippen molar-refractivity contribution in [1.29, 1.82) is 0 Å². The van der Waals surface area contributed by atoms with E-state index < -0.39 is 0 Å². The second-order valence-electron chi connectivity index (χ2n) is 4.94. The SMILES string of the molecule is Cc1ccc(C(=O)NC2CCC(O)CC2)cc1Br. The predicted octanol–water partition coefficient (Wildman–Crippen LogP) is 2.79. The van der Waals surface area contributed by atoms with Crippen LogP contribution in [0.5, 0.6) is 0 Å². The van der Waals surface area contributed by atoms with E-state index in [0.29, 0.717) is 5.56 Å². The van der Waals surface area contributed by atoms with Gasteiger partial charge in [-0.15, -0.1) is 0 Å². The molecule has 3 nitrogen and oxygen atoms in total. The molecule has 1 saturated carbocycles. The number of nitrogens with one attached hydrogen (secondary N) is 1. The number of hydrogen-bond acceptors (Lipinski definition) is 2. The molecular formula is C14H18BrNO2. The summed E-state index contributed by atoms with van der Waals surface area (Å²) < 4.78 is 0.953. The molecule has 0 radical (unpaired) electrons. The number of aliphatic hydroxyl groups is 1. The molecule has 1 amide bonds. The Morgan fingerprint density at radius 2 is 2.00 bits per heavy atom. The maximum Gasteiger partial charge on any atom is 0.251 e. The molecule has 2 N–H and O–H groups in total. The number of halogens is 1. The molecule has 1 aliphatic carbocycles. The Morgan fingerprint density at radius 3 is 2.61 bits per heavy atom. The summed E-state index contributed by atoms with van der Waals surface area (Å²) in [5.41, 5.74) is 1.80. The van der Waals surface area contributed by atoms with Crippen LogP contribution in [-0.4, -0.2) is 23.2 Å². The monoisotopic (exact) mass is 311 g/mol. The van der Waals surface area contributed by atoms with E-state index in [2.05, 4.69) is 21.2 Å². The predicted molar refractivity (Wildman–Crippen MR) is 74.6 cm³/mol. The molecule has 0 aromatic heterocycles. The molecule has 0 unspecified atom stereocenters. The van der Waals surface area contributed by atoms with Gasteiger partial charge in [0.15, 0.2) is 0 Å². The van der Waals surface area contributed by atoms with E-state index in [-0.39, 0.29) is 18.1 Å². The van der Waals surface area contributed by atoms with E-state index >= 15 is 0 Å². The molecule has 1 fully saturated rings. The maximum absolute atomic E-state index is 12.1. The van der Waals surface area contributed by atoms with Crippen LogP contribution in [0.3, 0.4) is 0 Å². The minimum atomic E-state index is -0.188. The van der Waals surface area contributed by atoms with Gasteiger partial charge >= 0.3 is 0 Å². The third kappa shape index (κ3) is 3.33. The summed E-state index contributed by atoms with van der Waals surface area (Å²) in [6.07, 6.45) is 3.09. The lowest BCUT2D eigenvalue weighted by Gasteiger charge is -2.26. The highest BCUT2D eigenvalue weighted by atomic mass is 79.9. The van der Waals surface area contributed by atoms with Crippen molar-refractivity contribution >= 4 is 21.8 Å². The largest absolute Gasteiger partial charge is 0.393 e. The maximum atomic E-state index is 12.1. The number of hydrogen-bond donors (Lipinski definition) is 2. The third-order valence-corrected chi connectivity index (χ3v) is 4.32. The summed E-state index contributed by atoms with van der Waals surface area (Å²) in [6, 6.07) is 5.82. The zero-order valence-electron chi connectivity index (χ0n) is 10.4. The van der Waals surface area contributed by atoms with Crippen LogP contribution in [0, 0.1) is 6.92 Å². The summed E-state index contributed by atoms with van der Waals surface area (Å²) in [7, 11) is 0. The summed E-state index contributed by atoms with van der Waals surface area (Å²) >= 11 is 3.43. The molecule has 0 spiro atoms. The van der Waals surface area contributed by atoms with Gasteiger partial charge in [-0.25, -0.2) is 0 Å². The van der Waals surface area contributed by atoms with E-state index in [1.807, 2.05) is 25.1 Å². The zero-order chi connectivity index (χ0) is 13.1. The van der Waals surface area contributed by atoms with Gasteiger partial charge in [0, 0.05) is 16.1 Å². The minimum Gasteiger partial charge on any atom is -0.393 e. The summed E-state index contributed by atoms with van der Waals surface area (Å²) in [5, 5.41) is 12.5. The molecule has 1 aromatic carbocycles. The molecule has 18 heavy (non-hydrogen) atoms. The van der Waals surface area contributed by atoms with E-state index in [4.69, 9.17) is 0 Å². The highest BCUT2D eigenvalue weighted by Gasteiger charge is 2.21. The van der Waals surface area contributed by atoms with Crippen LogP contribution in [-0.2, 0) is 0 Å². The van der Waals surface area contributed by atoms with Gasteiger partial charge in [-0.1, -0.05) is 22.0 Å². The molecule has 0 aliphatic heterocycles. The number of rotatable bonds is 2. The van der Waals surface area contributed by atoms with Crippen molar-refractivity contribution in [2.24, 2.45) is 0 Å². The standard InChI is InChI=1S/C14H18BrNO2/c1-9-2-3-10(8-13(9)15)14(18)16-11-4-6-12(17)7-5-11/h2-3,8,11-12,17H,4-7H2,1H3,(H,16,18). The number of carbonyl (C=O) groups is 1. The Labute approximate surface area is 116 Å². The number of amides is 1. The molecule has 0 bridgehead atoms. The topological polar surface area (TPSA) is 49.3 Å². The van der Waals surface area contributed by atoms with Crippen molar-refractivity contribution in [3.05, 3.63) is 33.8 Å². The lowest BCUT2D eigenvalue weighted by atomic mass is 9.93. The highest BCUT2D eigenvalue weighted by Crippen LogP contribution is 2.20. The number of benzene rings is 1. The van der Waals surface area contributed by atoms with Crippen LogP contribution >= 0.6 is 15.9 Å². The van der Waals surface area contributed by atoms with Gasteiger partial charge in [-0.2, -0.15) is 0 Å². The molecular weight excluding hydrogens is 294 g/mol. The first-order chi connectivity index (χ1) is 8.56. The first-order valence-electron chi connectivity index (χ1n) is 6.31. The fraction of sp³-hybridized carbons (Fsp3) is 0.500. The molecule has 0 saturated heterocycles. The Kier molecular flexibility index (Phi) is 4.40. The Bertz CT molecular complexity index is 439. The average molecular weight is 312 g/mol. The Morgan fingerprint density at radius 1 is 1.33 bits per heavy atom. The fourth-order valence-corrected chi connectivity index (χ4v) is 2.60. The lowest BCUT2D eigenvalue weighted by molar-refractivity contribution is 0.0867. The van der Waals surface area contributed by atoms with Gasteiger partial charge < -0.3 is 10.4 Å². The van der Waals surface area contributed by atoms with Crippen LogP contribution in [0.4, 0.5) is 0 Å². The molecule has 1 aliphatic rings. The van der Waals surface area contributed by atoms with Gasteiger partial charge in [0.25, 0.3) is 5.91 Å². The highest BCUT2D eigenvalue weighted by molar-refractivity contribution is 9.10. The van der Waals surface area contributed by atoms with Crippen molar-refractivity contribution in [3.8, 4) is 0 Å². The van der Waals surface area contributed by atoms with Gasteiger partial charge in [0.2, 0.25) is 0 Å². The average Bonchev–Trinajstić information content (AvgIpc) is 2.35. The summed E-state index contributed by atoms with van der Waals surface area (Å²) in [5.74, 6) is -0.0305. The zero-order valence-corrected chi connectivity index (χ0v) is 12.0. The first kappa shape index (κ1) is 13.6. The summed E-state index contributed by atoms with van der Waals surface area (Å²) in [4.78, 5) is 12.1. The van der Waals surface area contributed by atoms with Crippen molar-refractivity contribution < 1.29 is 9.90 Å². The smallest absolute Gasteiger partial charge is 0.251 e. The minimum absolute atomic E-state index is 0.0305. The van der Waals surface area contributed by atoms with E-state index in [9.17, 15) is 9.90 Å². The molecule has 1 aromatic rings. The van der Waals surface area contributed by atoms with Crippen molar-refractivity contribution in [2.75, 3.05) is 0 Å². The fourth-order valence-electron chi connectivity index (χ4n) is 2.22.